The van der Waals surface area contributed by atoms with Gasteiger partial charge >= 0.3 is 6.18 Å². The first-order valence-corrected chi connectivity index (χ1v) is 14.7. The zero-order chi connectivity index (χ0) is 31.8. The molecule has 0 aromatic carbocycles. The van der Waals surface area contributed by atoms with Gasteiger partial charge in [0.1, 0.15) is 29.3 Å². The van der Waals surface area contributed by atoms with Gasteiger partial charge in [-0.15, -0.1) is 0 Å². The molecule has 1 saturated carbocycles. The molecule has 1 amide bonds. The van der Waals surface area contributed by atoms with Crippen LogP contribution in [-0.4, -0.2) is 96.0 Å². The van der Waals surface area contributed by atoms with Gasteiger partial charge in [-0.25, -0.2) is 15.0 Å². The summed E-state index contributed by atoms with van der Waals surface area (Å²) in [5.74, 6) is -0.913. The first-order chi connectivity index (χ1) is 21.6. The van der Waals surface area contributed by atoms with E-state index < -0.39 is 23.3 Å². The second-order valence-electron chi connectivity index (χ2n) is 11.7. The van der Waals surface area contributed by atoms with Crippen LogP contribution < -0.4 is 4.74 Å². The molecule has 0 atom stereocenters. The van der Waals surface area contributed by atoms with E-state index in [0.717, 1.165) is 40.0 Å². The molecule has 1 aliphatic heterocycles. The molecule has 0 unspecified atom stereocenters. The number of aliphatic hydroxyl groups excluding tert-OH is 1. The average molecular weight is 624 g/mol. The van der Waals surface area contributed by atoms with Crippen molar-refractivity contribution in [3.05, 3.63) is 54.4 Å². The van der Waals surface area contributed by atoms with E-state index in [4.69, 9.17) is 9.84 Å². The third-order valence-electron chi connectivity index (χ3n) is 8.67. The number of carbonyl (C=O) groups excluding carboxylic acids is 1. The van der Waals surface area contributed by atoms with Crippen molar-refractivity contribution < 1.29 is 27.8 Å². The maximum Gasteiger partial charge on any atom is 0.433 e. The molecule has 4 aromatic heterocycles. The Bertz CT molecular complexity index is 1720. The Morgan fingerprint density at radius 2 is 2.02 bits per heavy atom. The maximum absolute atomic E-state index is 13.6. The van der Waals surface area contributed by atoms with Gasteiger partial charge in [-0.05, 0) is 37.8 Å². The molecule has 15 heteroatoms. The number of aromatic amines is 1. The Morgan fingerprint density at radius 3 is 2.73 bits per heavy atom. The van der Waals surface area contributed by atoms with E-state index in [1.165, 1.54) is 19.4 Å². The molecule has 236 valence electrons. The minimum atomic E-state index is -4.76. The van der Waals surface area contributed by atoms with Gasteiger partial charge in [0, 0.05) is 67.7 Å². The third kappa shape index (κ3) is 6.07. The van der Waals surface area contributed by atoms with Gasteiger partial charge in [-0.3, -0.25) is 14.4 Å². The SMILES string of the molecule is CN(CCO)C(=O)c1cc(O[C@H]2CC[C@@H](N3CC(CC#N)(n4cc(-c5ncnc6[nH]ccc56)cn4)C3)CC2)nc(C(F)(F)F)c1. The standard InChI is InChI=1S/C30H32F3N9O3/c1-40(10-11-43)28(44)19-12-24(30(31,32)33)39-25(13-19)45-22-4-2-21(3-5-22)41-16-29(17-41,7-8-34)42-15-20(14-38-42)26-23-6-9-35-27(23)37-18-36-26/h6,9,12-15,18,21-22,43H,2-5,7,10-11,16-17H2,1H3,(H,35,36,37)/t21-,22+. The van der Waals surface area contributed by atoms with Gasteiger partial charge in [0.2, 0.25) is 5.88 Å². The first kappa shape index (κ1) is 30.5. The lowest BCUT2D eigenvalue weighted by Crippen LogP contribution is -2.65. The first-order valence-electron chi connectivity index (χ1n) is 14.7. The summed E-state index contributed by atoms with van der Waals surface area (Å²) in [7, 11) is 1.40. The van der Waals surface area contributed by atoms with Crippen LogP contribution in [-0.2, 0) is 11.7 Å². The van der Waals surface area contributed by atoms with Crippen LogP contribution in [0.25, 0.3) is 22.3 Å². The van der Waals surface area contributed by atoms with Crippen LogP contribution in [0.15, 0.2) is 43.1 Å². The van der Waals surface area contributed by atoms with Gasteiger partial charge in [-0.1, -0.05) is 0 Å². The number of alkyl halides is 3. The predicted octanol–water partition coefficient (Wildman–Crippen LogP) is 3.61. The Morgan fingerprint density at radius 1 is 1.24 bits per heavy atom. The summed E-state index contributed by atoms with van der Waals surface area (Å²) in [6.07, 6.45) is 4.89. The number of rotatable bonds is 9. The van der Waals surface area contributed by atoms with Crippen molar-refractivity contribution >= 4 is 16.9 Å². The van der Waals surface area contributed by atoms with Crippen LogP contribution >= 0.6 is 0 Å². The summed E-state index contributed by atoms with van der Waals surface area (Å²) < 4.78 is 48.5. The average Bonchev–Trinajstić information content (AvgIpc) is 3.69. The van der Waals surface area contributed by atoms with Crippen molar-refractivity contribution in [2.75, 3.05) is 33.3 Å². The van der Waals surface area contributed by atoms with Gasteiger partial charge in [-0.2, -0.15) is 23.5 Å². The number of ether oxygens (including phenoxy) is 1. The number of likely N-dealkylation sites (tertiary alicyclic amines) is 1. The number of amides is 1. The zero-order valence-corrected chi connectivity index (χ0v) is 24.5. The number of aromatic nitrogens is 6. The number of pyridine rings is 1. The van der Waals surface area contributed by atoms with Crippen molar-refractivity contribution in [1.82, 2.24) is 39.5 Å². The minimum absolute atomic E-state index is 0.0184. The molecule has 1 aliphatic carbocycles. The second-order valence-corrected chi connectivity index (χ2v) is 11.7. The lowest BCUT2D eigenvalue weighted by atomic mass is 9.82. The van der Waals surface area contributed by atoms with Crippen LogP contribution in [0.1, 0.15) is 48.2 Å². The number of likely N-dealkylation sites (N-methyl/N-ethyl adjacent to an activating group) is 1. The summed E-state index contributed by atoms with van der Waals surface area (Å²) >= 11 is 0. The van der Waals surface area contributed by atoms with E-state index in [1.54, 1.807) is 6.20 Å². The van der Waals surface area contributed by atoms with E-state index in [2.05, 4.69) is 36.0 Å². The smallest absolute Gasteiger partial charge is 0.433 e. The Balaban J connectivity index is 1.10. The van der Waals surface area contributed by atoms with Crippen LogP contribution in [0.2, 0.25) is 0 Å². The molecule has 2 aliphatic rings. The highest BCUT2D eigenvalue weighted by atomic mass is 19.4. The summed E-state index contributed by atoms with van der Waals surface area (Å²) in [4.78, 5) is 31.5. The second kappa shape index (κ2) is 12.1. The fourth-order valence-corrected chi connectivity index (χ4v) is 6.27. The summed E-state index contributed by atoms with van der Waals surface area (Å²) in [5, 5.41) is 24.3. The number of hydrogen-bond acceptors (Lipinski definition) is 9. The molecular weight excluding hydrogens is 591 g/mol. The maximum atomic E-state index is 13.6. The predicted molar refractivity (Wildman–Crippen MR) is 155 cm³/mol. The lowest BCUT2D eigenvalue weighted by Gasteiger charge is -2.53. The van der Waals surface area contributed by atoms with Gasteiger partial charge in [0.15, 0.2) is 0 Å². The normalized spacial score (nSPS) is 20.0. The molecule has 0 bridgehead atoms. The van der Waals surface area contributed by atoms with Gasteiger partial charge in [0.05, 0.1) is 31.0 Å². The number of aliphatic hydroxyl groups is 1. The monoisotopic (exact) mass is 623 g/mol. The molecule has 1 saturated heterocycles. The highest BCUT2D eigenvalue weighted by Crippen LogP contribution is 2.39. The fraction of sp³-hybridized carbons (Fsp3) is 0.467. The molecule has 2 fully saturated rings. The van der Waals surface area contributed by atoms with Crippen molar-refractivity contribution in [2.24, 2.45) is 0 Å². The number of nitrogens with one attached hydrogen (secondary N) is 1. The van der Waals surface area contributed by atoms with Crippen LogP contribution in [0.4, 0.5) is 13.2 Å². The Hall–Kier alpha value is -4.55. The van der Waals surface area contributed by atoms with E-state index in [9.17, 15) is 23.2 Å². The van der Waals surface area contributed by atoms with Crippen molar-refractivity contribution in [2.45, 2.75) is 56.0 Å². The van der Waals surface area contributed by atoms with Gasteiger partial charge in [0.25, 0.3) is 5.91 Å². The number of nitriles is 1. The zero-order valence-electron chi connectivity index (χ0n) is 24.5. The molecule has 12 nitrogen and oxygen atoms in total. The number of nitrogens with zero attached hydrogens (tertiary/aromatic N) is 8. The highest BCUT2D eigenvalue weighted by Gasteiger charge is 2.48. The Labute approximate surface area is 256 Å². The number of hydrogen-bond donors (Lipinski definition) is 2. The number of carbonyl (C=O) groups is 1. The molecule has 4 aromatic rings. The minimum Gasteiger partial charge on any atom is -0.474 e. The van der Waals surface area contributed by atoms with Gasteiger partial charge < -0.3 is 19.7 Å². The number of halogens is 3. The van der Waals surface area contributed by atoms with Crippen molar-refractivity contribution in [3.8, 4) is 23.2 Å². The molecule has 2 N–H and O–H groups in total. The van der Waals surface area contributed by atoms with Crippen LogP contribution in [0.5, 0.6) is 5.88 Å². The number of fused-ring (bicyclic) bond motifs is 1. The molecule has 0 radical (unpaired) electrons. The lowest BCUT2D eigenvalue weighted by molar-refractivity contribution is -0.141. The van der Waals surface area contributed by atoms with E-state index in [-0.39, 0.29) is 36.7 Å². The number of H-pyrrole nitrogens is 1. The highest BCUT2D eigenvalue weighted by molar-refractivity contribution is 5.94. The molecule has 0 spiro atoms. The van der Waals surface area contributed by atoms with Crippen LogP contribution in [0.3, 0.4) is 0 Å². The van der Waals surface area contributed by atoms with Crippen molar-refractivity contribution in [3.63, 3.8) is 0 Å². The van der Waals surface area contributed by atoms with E-state index in [0.29, 0.717) is 38.4 Å². The molecule has 6 rings (SSSR count). The summed E-state index contributed by atoms with van der Waals surface area (Å²) in [6.45, 7) is 0.950. The molecule has 45 heavy (non-hydrogen) atoms. The Kier molecular flexibility index (Phi) is 8.19. The summed E-state index contributed by atoms with van der Waals surface area (Å²) in [5.41, 5.74) is 0.450. The summed E-state index contributed by atoms with van der Waals surface area (Å²) in [6, 6.07) is 6.39. The largest absolute Gasteiger partial charge is 0.474 e. The topological polar surface area (TPSA) is 149 Å². The third-order valence-corrected chi connectivity index (χ3v) is 8.67. The van der Waals surface area contributed by atoms with Crippen LogP contribution in [0, 0.1) is 11.3 Å². The molecule has 5 heterocycles. The van der Waals surface area contributed by atoms with E-state index in [1.807, 2.05) is 23.1 Å². The van der Waals surface area contributed by atoms with E-state index >= 15 is 0 Å². The molecular formula is C30H32F3N9O3. The van der Waals surface area contributed by atoms with Crippen molar-refractivity contribution in [1.29, 1.82) is 5.26 Å². The fourth-order valence-electron chi connectivity index (χ4n) is 6.27. The quantitative estimate of drug-likeness (QED) is 0.285.